The molecule has 0 saturated carbocycles. The third-order valence-electron chi connectivity index (χ3n) is 0.796. The van der Waals surface area contributed by atoms with Gasteiger partial charge in [-0.3, -0.25) is 0 Å². The van der Waals surface area contributed by atoms with Gasteiger partial charge >= 0.3 is 0 Å². The molecule has 0 bridgehead atoms. The molecule has 1 aromatic heterocycles. The van der Waals surface area contributed by atoms with Crippen molar-refractivity contribution in [2.45, 2.75) is 6.54 Å². The molecule has 4 nitrogen and oxygen atoms in total. The summed E-state index contributed by atoms with van der Waals surface area (Å²) in [6.45, 7) is 1.29. The van der Waals surface area contributed by atoms with E-state index in [-0.39, 0.29) is 17.0 Å². The van der Waals surface area contributed by atoms with Gasteiger partial charge in [0.05, 0.1) is 18.9 Å². The monoisotopic (exact) mass is 192 g/mol. The SMILES string of the molecule is Br.NCCn1nccn1. The maximum atomic E-state index is 5.22. The van der Waals surface area contributed by atoms with Gasteiger partial charge in [0.1, 0.15) is 0 Å². The molecule has 0 aliphatic rings. The van der Waals surface area contributed by atoms with Crippen LogP contribution in [-0.4, -0.2) is 21.5 Å². The Morgan fingerprint density at radius 2 is 1.89 bits per heavy atom. The van der Waals surface area contributed by atoms with E-state index in [1.807, 2.05) is 0 Å². The van der Waals surface area contributed by atoms with Crippen molar-refractivity contribution in [3.8, 4) is 0 Å². The lowest BCUT2D eigenvalue weighted by molar-refractivity contribution is 0.546. The van der Waals surface area contributed by atoms with E-state index in [9.17, 15) is 0 Å². The lowest BCUT2D eigenvalue weighted by atomic mass is 10.7. The third kappa shape index (κ3) is 2.57. The molecule has 0 aromatic carbocycles. The predicted octanol–water partition coefficient (Wildman–Crippen LogP) is -0.185. The molecule has 1 heterocycles. The topological polar surface area (TPSA) is 56.7 Å². The fraction of sp³-hybridized carbons (Fsp3) is 0.500. The zero-order chi connectivity index (χ0) is 5.82. The zero-order valence-electron chi connectivity index (χ0n) is 4.90. The Labute approximate surface area is 63.8 Å². The van der Waals surface area contributed by atoms with E-state index >= 15 is 0 Å². The van der Waals surface area contributed by atoms with Crippen molar-refractivity contribution >= 4 is 17.0 Å². The first-order valence-electron chi connectivity index (χ1n) is 2.47. The summed E-state index contributed by atoms with van der Waals surface area (Å²) in [4.78, 5) is 1.56. The molecule has 1 rings (SSSR count). The molecule has 0 fully saturated rings. The van der Waals surface area contributed by atoms with Gasteiger partial charge < -0.3 is 5.73 Å². The van der Waals surface area contributed by atoms with Crippen molar-refractivity contribution in [2.24, 2.45) is 5.73 Å². The van der Waals surface area contributed by atoms with E-state index in [4.69, 9.17) is 5.73 Å². The Hall–Kier alpha value is -0.420. The van der Waals surface area contributed by atoms with Crippen LogP contribution >= 0.6 is 17.0 Å². The first-order chi connectivity index (χ1) is 3.93. The van der Waals surface area contributed by atoms with E-state index in [2.05, 4.69) is 10.2 Å². The normalized spacial score (nSPS) is 8.56. The quantitative estimate of drug-likeness (QED) is 0.708. The summed E-state index contributed by atoms with van der Waals surface area (Å²) in [5.74, 6) is 0. The number of rotatable bonds is 2. The minimum Gasteiger partial charge on any atom is -0.329 e. The molecule has 52 valence electrons. The minimum absolute atomic E-state index is 0. The smallest absolute Gasteiger partial charge is 0.0729 e. The highest BCUT2D eigenvalue weighted by Gasteiger charge is 1.84. The van der Waals surface area contributed by atoms with Crippen molar-refractivity contribution in [3.05, 3.63) is 12.4 Å². The summed E-state index contributed by atoms with van der Waals surface area (Å²) in [6, 6.07) is 0. The van der Waals surface area contributed by atoms with Crippen LogP contribution in [0, 0.1) is 0 Å². The molecule has 9 heavy (non-hydrogen) atoms. The highest BCUT2D eigenvalue weighted by Crippen LogP contribution is 1.72. The van der Waals surface area contributed by atoms with Crippen molar-refractivity contribution < 1.29 is 0 Å². The summed E-state index contributed by atoms with van der Waals surface area (Å²) in [6.07, 6.45) is 3.27. The fourth-order valence-corrected chi connectivity index (χ4v) is 0.474. The van der Waals surface area contributed by atoms with E-state index in [1.54, 1.807) is 17.2 Å². The van der Waals surface area contributed by atoms with Crippen LogP contribution in [0.4, 0.5) is 0 Å². The predicted molar refractivity (Wildman–Crippen MR) is 39.4 cm³/mol. The van der Waals surface area contributed by atoms with Crippen molar-refractivity contribution in [1.29, 1.82) is 0 Å². The van der Waals surface area contributed by atoms with Crippen LogP contribution in [0.3, 0.4) is 0 Å². The van der Waals surface area contributed by atoms with Crippen LogP contribution in [0.2, 0.25) is 0 Å². The Bertz CT molecular complexity index is 138. The second kappa shape index (κ2) is 4.46. The number of aromatic nitrogens is 3. The Morgan fingerprint density at radius 1 is 1.33 bits per heavy atom. The summed E-state index contributed by atoms with van der Waals surface area (Å²) >= 11 is 0. The average molecular weight is 193 g/mol. The van der Waals surface area contributed by atoms with Gasteiger partial charge in [-0.25, -0.2) is 0 Å². The Kier molecular flexibility index (Phi) is 4.25. The summed E-state index contributed by atoms with van der Waals surface area (Å²) in [5, 5.41) is 7.66. The summed E-state index contributed by atoms with van der Waals surface area (Å²) in [5.41, 5.74) is 5.22. The van der Waals surface area contributed by atoms with Crippen molar-refractivity contribution in [3.63, 3.8) is 0 Å². The molecule has 0 aliphatic carbocycles. The molecule has 5 heteroatoms. The largest absolute Gasteiger partial charge is 0.329 e. The van der Waals surface area contributed by atoms with Gasteiger partial charge in [-0.1, -0.05) is 0 Å². The van der Waals surface area contributed by atoms with Gasteiger partial charge in [0.2, 0.25) is 0 Å². The molecule has 2 N–H and O–H groups in total. The van der Waals surface area contributed by atoms with Gasteiger partial charge in [0.25, 0.3) is 0 Å². The number of nitrogens with two attached hydrogens (primary N) is 1. The standard InChI is InChI=1S/C4H8N4.BrH/c5-1-4-8-6-2-3-7-8;/h2-3H,1,4-5H2;1H. The molecule has 0 saturated heterocycles. The molecular formula is C4H9BrN4. The maximum absolute atomic E-state index is 5.22. The van der Waals surface area contributed by atoms with Crippen molar-refractivity contribution in [1.82, 2.24) is 15.0 Å². The van der Waals surface area contributed by atoms with Crippen LogP contribution < -0.4 is 5.73 Å². The summed E-state index contributed by atoms with van der Waals surface area (Å²) < 4.78 is 0. The highest BCUT2D eigenvalue weighted by atomic mass is 79.9. The van der Waals surface area contributed by atoms with Crippen molar-refractivity contribution in [2.75, 3.05) is 6.54 Å². The van der Waals surface area contributed by atoms with E-state index in [0.717, 1.165) is 0 Å². The Morgan fingerprint density at radius 3 is 2.33 bits per heavy atom. The van der Waals surface area contributed by atoms with Gasteiger partial charge in [0, 0.05) is 6.54 Å². The second-order valence-corrected chi connectivity index (χ2v) is 1.41. The third-order valence-corrected chi connectivity index (χ3v) is 0.796. The molecule has 0 aliphatic heterocycles. The second-order valence-electron chi connectivity index (χ2n) is 1.41. The van der Waals surface area contributed by atoms with E-state index in [1.165, 1.54) is 0 Å². The number of nitrogens with zero attached hydrogens (tertiary/aromatic N) is 3. The van der Waals surface area contributed by atoms with Crippen LogP contribution in [0.1, 0.15) is 0 Å². The first-order valence-corrected chi connectivity index (χ1v) is 2.47. The van der Waals surface area contributed by atoms with Crippen LogP contribution in [0.15, 0.2) is 12.4 Å². The molecular weight excluding hydrogens is 184 g/mol. The molecule has 0 amide bonds. The highest BCUT2D eigenvalue weighted by molar-refractivity contribution is 8.93. The molecule has 1 aromatic rings. The van der Waals surface area contributed by atoms with Gasteiger partial charge in [0.15, 0.2) is 0 Å². The van der Waals surface area contributed by atoms with Crippen LogP contribution in [-0.2, 0) is 6.54 Å². The molecule has 0 spiro atoms. The van der Waals surface area contributed by atoms with Crippen LogP contribution in [0.25, 0.3) is 0 Å². The fourth-order valence-electron chi connectivity index (χ4n) is 0.474. The van der Waals surface area contributed by atoms with Gasteiger partial charge in [-0.2, -0.15) is 15.0 Å². The molecule has 0 unspecified atom stereocenters. The van der Waals surface area contributed by atoms with Crippen LogP contribution in [0.5, 0.6) is 0 Å². The van der Waals surface area contributed by atoms with E-state index in [0.29, 0.717) is 13.1 Å². The minimum atomic E-state index is 0. The zero-order valence-corrected chi connectivity index (χ0v) is 6.61. The average Bonchev–Trinajstić information content (AvgIpc) is 2.19. The molecule has 0 atom stereocenters. The lowest BCUT2D eigenvalue weighted by Gasteiger charge is -1.90. The number of halogens is 1. The number of hydrogen-bond donors (Lipinski definition) is 1. The van der Waals surface area contributed by atoms with Gasteiger partial charge in [-0.15, -0.1) is 17.0 Å². The Balaban J connectivity index is 0.000000640. The molecule has 0 radical (unpaired) electrons. The summed E-state index contributed by atoms with van der Waals surface area (Å²) in [7, 11) is 0. The lowest BCUT2D eigenvalue weighted by Crippen LogP contribution is -2.11. The van der Waals surface area contributed by atoms with E-state index < -0.39 is 0 Å². The number of hydrogen-bond acceptors (Lipinski definition) is 3. The maximum Gasteiger partial charge on any atom is 0.0729 e. The first kappa shape index (κ1) is 8.58. The van der Waals surface area contributed by atoms with Gasteiger partial charge in [-0.05, 0) is 0 Å².